The van der Waals surface area contributed by atoms with Crippen molar-refractivity contribution in [2.45, 2.75) is 65.2 Å². The summed E-state index contributed by atoms with van der Waals surface area (Å²) in [5, 5.41) is 3.65. The average Bonchev–Trinajstić information content (AvgIpc) is 2.88. The molecule has 2 heterocycles. The molecule has 1 aliphatic heterocycles. The molecule has 3 atom stereocenters. The lowest BCUT2D eigenvalue weighted by molar-refractivity contribution is 0.110. The largest absolute Gasteiger partial charge is 0.327 e. The molecule has 0 bridgehead atoms. The standard InChI is InChI=1S/C19H29BrN4/c1-5-7-17(23-11-13(3)21-14(4)12-23)19-22-16-9-8-15(20)10-18(16)24(19)6-2/h8-10,13-14,17,21H,5-7,11-12H2,1-4H3. The van der Waals surface area contributed by atoms with Gasteiger partial charge in [0.05, 0.1) is 17.1 Å². The summed E-state index contributed by atoms with van der Waals surface area (Å²) in [4.78, 5) is 7.69. The highest BCUT2D eigenvalue weighted by Crippen LogP contribution is 2.31. The van der Waals surface area contributed by atoms with Crippen LogP contribution in [0.4, 0.5) is 0 Å². The van der Waals surface area contributed by atoms with Crippen LogP contribution in [0.3, 0.4) is 0 Å². The van der Waals surface area contributed by atoms with E-state index in [1.54, 1.807) is 0 Å². The van der Waals surface area contributed by atoms with E-state index >= 15 is 0 Å². The third-order valence-corrected chi connectivity index (χ3v) is 5.44. The minimum absolute atomic E-state index is 0.396. The van der Waals surface area contributed by atoms with Gasteiger partial charge in [0.15, 0.2) is 0 Å². The van der Waals surface area contributed by atoms with Crippen molar-refractivity contribution >= 4 is 27.0 Å². The Morgan fingerprint density at radius 1 is 1.25 bits per heavy atom. The van der Waals surface area contributed by atoms with Gasteiger partial charge in [-0.1, -0.05) is 29.3 Å². The molecule has 0 spiro atoms. The molecule has 0 aliphatic carbocycles. The maximum atomic E-state index is 5.05. The van der Waals surface area contributed by atoms with Crippen LogP contribution >= 0.6 is 15.9 Å². The SMILES string of the molecule is CCCC(c1nc2ccc(Br)cc2n1CC)N1CC(C)NC(C)C1. The molecule has 2 aromatic rings. The van der Waals surface area contributed by atoms with Gasteiger partial charge in [0, 0.05) is 36.2 Å². The molecule has 1 fully saturated rings. The third kappa shape index (κ3) is 3.53. The van der Waals surface area contributed by atoms with Crippen LogP contribution in [0.15, 0.2) is 22.7 Å². The number of fused-ring (bicyclic) bond motifs is 1. The molecular formula is C19H29BrN4. The summed E-state index contributed by atoms with van der Waals surface area (Å²) in [5.41, 5.74) is 2.34. The van der Waals surface area contributed by atoms with Gasteiger partial charge in [-0.2, -0.15) is 0 Å². The summed E-state index contributed by atoms with van der Waals surface area (Å²) in [6, 6.07) is 7.86. The summed E-state index contributed by atoms with van der Waals surface area (Å²) in [6.45, 7) is 12.2. The molecule has 1 aromatic heterocycles. The van der Waals surface area contributed by atoms with Gasteiger partial charge in [0.1, 0.15) is 5.82 Å². The number of nitrogens with zero attached hydrogens (tertiary/aromatic N) is 3. The van der Waals surface area contributed by atoms with Crippen molar-refractivity contribution in [3.05, 3.63) is 28.5 Å². The van der Waals surface area contributed by atoms with Crippen LogP contribution in [0.5, 0.6) is 0 Å². The minimum atomic E-state index is 0.396. The van der Waals surface area contributed by atoms with Gasteiger partial charge in [-0.05, 0) is 45.4 Å². The van der Waals surface area contributed by atoms with Crippen molar-refractivity contribution in [1.82, 2.24) is 19.8 Å². The monoisotopic (exact) mass is 392 g/mol. The van der Waals surface area contributed by atoms with E-state index in [1.165, 1.54) is 17.8 Å². The van der Waals surface area contributed by atoms with Crippen LogP contribution in [0.1, 0.15) is 52.4 Å². The molecular weight excluding hydrogens is 364 g/mol. The van der Waals surface area contributed by atoms with E-state index < -0.39 is 0 Å². The van der Waals surface area contributed by atoms with Crippen molar-refractivity contribution in [3.63, 3.8) is 0 Å². The maximum Gasteiger partial charge on any atom is 0.127 e. The lowest BCUT2D eigenvalue weighted by atomic mass is 10.0. The molecule has 4 nitrogen and oxygen atoms in total. The zero-order valence-electron chi connectivity index (χ0n) is 15.2. The summed E-state index contributed by atoms with van der Waals surface area (Å²) >= 11 is 3.61. The Hall–Kier alpha value is -0.910. The van der Waals surface area contributed by atoms with E-state index in [1.807, 2.05) is 0 Å². The number of imidazole rings is 1. The molecule has 5 heteroatoms. The first kappa shape index (κ1) is 17.9. The second kappa shape index (κ2) is 7.54. The predicted octanol–water partition coefficient (Wildman–Crippen LogP) is 4.34. The molecule has 132 valence electrons. The summed E-state index contributed by atoms with van der Waals surface area (Å²) in [6.07, 6.45) is 2.33. The Morgan fingerprint density at radius 2 is 1.96 bits per heavy atom. The van der Waals surface area contributed by atoms with Crippen molar-refractivity contribution in [1.29, 1.82) is 0 Å². The number of halogens is 1. The van der Waals surface area contributed by atoms with Crippen LogP contribution < -0.4 is 5.32 Å². The number of hydrogen-bond acceptors (Lipinski definition) is 3. The van der Waals surface area contributed by atoms with E-state index in [-0.39, 0.29) is 0 Å². The van der Waals surface area contributed by atoms with E-state index in [9.17, 15) is 0 Å². The summed E-state index contributed by atoms with van der Waals surface area (Å²) in [7, 11) is 0. The molecule has 0 saturated carbocycles. The molecule has 1 N–H and O–H groups in total. The Bertz CT molecular complexity index is 686. The number of nitrogens with one attached hydrogen (secondary N) is 1. The smallest absolute Gasteiger partial charge is 0.127 e. The molecule has 3 rings (SSSR count). The minimum Gasteiger partial charge on any atom is -0.327 e. The van der Waals surface area contributed by atoms with Crippen LogP contribution in [0.2, 0.25) is 0 Å². The molecule has 3 unspecified atom stereocenters. The topological polar surface area (TPSA) is 33.1 Å². The van der Waals surface area contributed by atoms with Crippen LogP contribution in [-0.2, 0) is 6.54 Å². The Balaban J connectivity index is 2.03. The second-order valence-corrected chi connectivity index (χ2v) is 7.99. The highest BCUT2D eigenvalue weighted by atomic mass is 79.9. The van der Waals surface area contributed by atoms with Gasteiger partial charge in [-0.3, -0.25) is 4.90 Å². The highest BCUT2D eigenvalue weighted by Gasteiger charge is 2.30. The van der Waals surface area contributed by atoms with Gasteiger partial charge in [0.25, 0.3) is 0 Å². The molecule has 1 aromatic carbocycles. The fraction of sp³-hybridized carbons (Fsp3) is 0.632. The summed E-state index contributed by atoms with van der Waals surface area (Å²) in [5.74, 6) is 1.23. The van der Waals surface area contributed by atoms with Gasteiger partial charge in [0.2, 0.25) is 0 Å². The second-order valence-electron chi connectivity index (χ2n) is 7.07. The third-order valence-electron chi connectivity index (χ3n) is 4.94. The van der Waals surface area contributed by atoms with Crippen LogP contribution in [0, 0.1) is 0 Å². The lowest BCUT2D eigenvalue weighted by Gasteiger charge is -2.40. The molecule has 1 saturated heterocycles. The zero-order chi connectivity index (χ0) is 17.3. The predicted molar refractivity (Wildman–Crippen MR) is 104 cm³/mol. The van der Waals surface area contributed by atoms with E-state index in [2.05, 4.69) is 76.6 Å². The fourth-order valence-corrected chi connectivity index (χ4v) is 4.42. The Morgan fingerprint density at radius 3 is 2.58 bits per heavy atom. The van der Waals surface area contributed by atoms with Crippen LogP contribution in [-0.4, -0.2) is 39.6 Å². The van der Waals surface area contributed by atoms with Gasteiger partial charge in [-0.25, -0.2) is 4.98 Å². The summed E-state index contributed by atoms with van der Waals surface area (Å²) < 4.78 is 3.52. The molecule has 0 radical (unpaired) electrons. The number of rotatable bonds is 5. The van der Waals surface area contributed by atoms with Crippen molar-refractivity contribution < 1.29 is 0 Å². The number of hydrogen-bond donors (Lipinski definition) is 1. The first-order chi connectivity index (χ1) is 11.5. The average molecular weight is 393 g/mol. The lowest BCUT2D eigenvalue weighted by Crippen LogP contribution is -2.55. The fourth-order valence-electron chi connectivity index (χ4n) is 4.07. The number of benzene rings is 1. The maximum absolute atomic E-state index is 5.05. The van der Waals surface area contributed by atoms with E-state index in [0.29, 0.717) is 18.1 Å². The molecule has 0 amide bonds. The first-order valence-corrected chi connectivity index (χ1v) is 9.98. The van der Waals surface area contributed by atoms with E-state index in [4.69, 9.17) is 4.98 Å². The van der Waals surface area contributed by atoms with Crippen LogP contribution in [0.25, 0.3) is 11.0 Å². The Labute approximate surface area is 153 Å². The van der Waals surface area contributed by atoms with Crippen molar-refractivity contribution in [2.24, 2.45) is 0 Å². The number of piperazine rings is 1. The number of aryl methyl sites for hydroxylation is 1. The first-order valence-electron chi connectivity index (χ1n) is 9.19. The van der Waals surface area contributed by atoms with Crippen molar-refractivity contribution in [3.8, 4) is 0 Å². The Kier molecular flexibility index (Phi) is 5.63. The highest BCUT2D eigenvalue weighted by molar-refractivity contribution is 9.10. The van der Waals surface area contributed by atoms with Gasteiger partial charge in [-0.15, -0.1) is 0 Å². The van der Waals surface area contributed by atoms with E-state index in [0.717, 1.165) is 36.0 Å². The number of aromatic nitrogens is 2. The quantitative estimate of drug-likeness (QED) is 0.820. The molecule has 1 aliphatic rings. The zero-order valence-corrected chi connectivity index (χ0v) is 16.8. The van der Waals surface area contributed by atoms with Crippen molar-refractivity contribution in [2.75, 3.05) is 13.1 Å². The van der Waals surface area contributed by atoms with Gasteiger partial charge < -0.3 is 9.88 Å². The normalized spacial score (nSPS) is 23.7. The van der Waals surface area contributed by atoms with Gasteiger partial charge >= 0.3 is 0 Å². The molecule has 24 heavy (non-hydrogen) atoms.